The average molecular weight is 289 g/mol. The Balaban J connectivity index is 2.87. The van der Waals surface area contributed by atoms with E-state index >= 15 is 0 Å². The molecule has 1 saturated heterocycles. The minimum Gasteiger partial charge on any atom is -0.394 e. The average Bonchev–Trinajstić information content (AvgIpc) is 2.35. The van der Waals surface area contributed by atoms with Crippen LogP contribution in [0.1, 0.15) is 0 Å². The van der Waals surface area contributed by atoms with Crippen LogP contribution in [0.25, 0.3) is 0 Å². The summed E-state index contributed by atoms with van der Waals surface area (Å²) in [6.45, 7) is -0.604. The van der Waals surface area contributed by atoms with Crippen molar-refractivity contribution in [1.82, 2.24) is 0 Å². The molecule has 0 aromatic rings. The molecular weight excluding hydrogens is 273 g/mol. The summed E-state index contributed by atoms with van der Waals surface area (Å²) in [5, 5.41) is 28.4. The van der Waals surface area contributed by atoms with Crippen molar-refractivity contribution in [2.75, 3.05) is 13.7 Å². The first-order valence-corrected chi connectivity index (χ1v) is 6.40. The first-order valence-electron chi connectivity index (χ1n) is 4.91. The number of phosphoric acid groups is 1. The number of nitrogens with two attached hydrogens (primary N) is 1. The molecule has 0 spiro atoms. The Labute approximate surface area is 102 Å². The zero-order valence-corrected chi connectivity index (χ0v) is 10.3. The Kier molecular flexibility index (Phi) is 5.62. The maximum atomic E-state index is 11.2. The molecule has 0 bridgehead atoms. The van der Waals surface area contributed by atoms with Gasteiger partial charge in [0.05, 0.1) is 6.61 Å². The second kappa shape index (κ2) is 6.35. The summed E-state index contributed by atoms with van der Waals surface area (Å²) in [5.41, 5.74) is 0. The number of hydrogen-bond acceptors (Lipinski definition) is 9. The molecule has 1 radical (unpaired) electrons. The summed E-state index contributed by atoms with van der Waals surface area (Å²) in [4.78, 5) is 9.05. The lowest BCUT2D eigenvalue weighted by Gasteiger charge is -2.36. The molecule has 0 aromatic heterocycles. The Morgan fingerprint density at radius 1 is 1.44 bits per heavy atom. The van der Waals surface area contributed by atoms with Crippen LogP contribution in [0.15, 0.2) is 0 Å². The van der Waals surface area contributed by atoms with Gasteiger partial charge in [-0.1, -0.05) is 0 Å². The first kappa shape index (κ1) is 15.9. The fourth-order valence-electron chi connectivity index (χ4n) is 1.55. The van der Waals surface area contributed by atoms with Crippen molar-refractivity contribution in [3.63, 3.8) is 0 Å². The molecule has 11 heteroatoms. The maximum absolute atomic E-state index is 11.2. The summed E-state index contributed by atoms with van der Waals surface area (Å²) < 4.78 is 29.1. The number of ether oxygens (including phenoxy) is 2. The SMILES string of the molecule is C[O+][C@@H]1O[C@H](CO)[C@H](O)[C@H](OP(=O)(O)ON)[C@H]1O. The molecule has 18 heavy (non-hydrogen) atoms. The minimum atomic E-state index is -4.63. The molecule has 10 nitrogen and oxygen atoms in total. The molecule has 1 aliphatic rings. The van der Waals surface area contributed by atoms with E-state index < -0.39 is 45.1 Å². The van der Waals surface area contributed by atoms with Crippen molar-refractivity contribution in [2.45, 2.75) is 30.7 Å². The van der Waals surface area contributed by atoms with Gasteiger partial charge in [0.1, 0.15) is 18.3 Å². The largest absolute Gasteiger partial charge is 0.489 e. The van der Waals surface area contributed by atoms with E-state index in [-0.39, 0.29) is 0 Å². The van der Waals surface area contributed by atoms with Crippen LogP contribution in [0.2, 0.25) is 0 Å². The Morgan fingerprint density at radius 2 is 2.06 bits per heavy atom. The van der Waals surface area contributed by atoms with Crippen LogP contribution in [0.4, 0.5) is 0 Å². The van der Waals surface area contributed by atoms with Crippen molar-refractivity contribution in [1.29, 1.82) is 0 Å². The molecule has 1 unspecified atom stereocenters. The van der Waals surface area contributed by atoms with E-state index in [0.717, 1.165) is 0 Å². The van der Waals surface area contributed by atoms with Gasteiger partial charge in [0.25, 0.3) is 0 Å². The second-order valence-electron chi connectivity index (χ2n) is 3.59. The van der Waals surface area contributed by atoms with Gasteiger partial charge >= 0.3 is 14.1 Å². The molecule has 107 valence electrons. The summed E-state index contributed by atoms with van der Waals surface area (Å²) in [7, 11) is -3.42. The third-order valence-corrected chi connectivity index (χ3v) is 3.22. The van der Waals surface area contributed by atoms with Gasteiger partial charge < -0.3 is 20.2 Å². The van der Waals surface area contributed by atoms with Crippen molar-refractivity contribution >= 4 is 7.82 Å². The monoisotopic (exact) mass is 289 g/mol. The highest BCUT2D eigenvalue weighted by Crippen LogP contribution is 2.45. The summed E-state index contributed by atoms with van der Waals surface area (Å²) in [6.07, 6.45) is -7.09. The molecule has 1 aliphatic heterocycles. The molecule has 0 aromatic carbocycles. The van der Waals surface area contributed by atoms with Crippen LogP contribution < -0.4 is 5.90 Å². The predicted octanol–water partition coefficient (Wildman–Crippen LogP) is -2.55. The van der Waals surface area contributed by atoms with Gasteiger partial charge in [-0.15, -0.1) is 4.74 Å². The second-order valence-corrected chi connectivity index (χ2v) is 4.95. The molecule has 1 rings (SSSR count). The number of hydrogen-bond donors (Lipinski definition) is 5. The molecule has 0 aliphatic carbocycles. The van der Waals surface area contributed by atoms with E-state index in [1.807, 2.05) is 0 Å². The fraction of sp³-hybridized carbons (Fsp3) is 1.00. The summed E-state index contributed by atoms with van der Waals surface area (Å²) in [5.74, 6) is 4.54. The van der Waals surface area contributed by atoms with Gasteiger partial charge in [-0.3, -0.25) is 9.26 Å². The third-order valence-electron chi connectivity index (χ3n) is 2.44. The summed E-state index contributed by atoms with van der Waals surface area (Å²) in [6, 6.07) is 0. The van der Waals surface area contributed by atoms with Gasteiger partial charge in [0.15, 0.2) is 6.10 Å². The zero-order valence-electron chi connectivity index (χ0n) is 9.45. The smallest absolute Gasteiger partial charge is 0.394 e. The quantitative estimate of drug-likeness (QED) is 0.207. The van der Waals surface area contributed by atoms with Crippen molar-refractivity contribution in [3.8, 4) is 0 Å². The lowest BCUT2D eigenvalue weighted by molar-refractivity contribution is -0.291. The van der Waals surface area contributed by atoms with Crippen molar-refractivity contribution < 1.29 is 43.4 Å². The number of phosphoric ester groups is 1. The standard InChI is InChI=1S/C7H16NO9P/c1-14-7-5(11)6(16-18(12,13)17-8)4(10)3(2-9)15-7/h3-7,9-11H,2,8H2,1H3,(H,12,13)/q+1/t3-,4+,5-,6+,7-/m1/s1. The number of methoxy groups -OCH3 is 1. The fourth-order valence-corrected chi connectivity index (χ4v) is 2.16. The minimum absolute atomic E-state index is 0.604. The highest BCUT2D eigenvalue weighted by atomic mass is 31.2. The van der Waals surface area contributed by atoms with Crippen molar-refractivity contribution in [3.05, 3.63) is 0 Å². The molecule has 0 amide bonds. The Hall–Kier alpha value is -0.130. The highest BCUT2D eigenvalue weighted by molar-refractivity contribution is 7.47. The van der Waals surface area contributed by atoms with E-state index in [4.69, 9.17) is 19.5 Å². The van der Waals surface area contributed by atoms with E-state index in [0.29, 0.717) is 0 Å². The van der Waals surface area contributed by atoms with Crippen LogP contribution in [-0.4, -0.2) is 64.6 Å². The van der Waals surface area contributed by atoms with Crippen LogP contribution in [-0.2, 0) is 23.2 Å². The van der Waals surface area contributed by atoms with E-state index in [1.165, 1.54) is 7.11 Å². The van der Waals surface area contributed by atoms with Gasteiger partial charge in [-0.2, -0.15) is 0 Å². The molecule has 1 heterocycles. The van der Waals surface area contributed by atoms with Gasteiger partial charge in [-0.25, -0.2) is 15.1 Å². The van der Waals surface area contributed by atoms with Gasteiger partial charge in [0.2, 0.25) is 7.11 Å². The Bertz CT molecular complexity index is 299. The van der Waals surface area contributed by atoms with E-state index in [9.17, 15) is 14.8 Å². The normalized spacial score (nSPS) is 40.4. The van der Waals surface area contributed by atoms with Crippen LogP contribution in [0.5, 0.6) is 0 Å². The van der Waals surface area contributed by atoms with Crippen LogP contribution in [0.3, 0.4) is 0 Å². The topological polar surface area (TPSA) is 163 Å². The molecular formula is C7H16NO9P+. The molecule has 1 fully saturated rings. The zero-order chi connectivity index (χ0) is 13.9. The predicted molar refractivity (Wildman–Crippen MR) is 54.7 cm³/mol. The van der Waals surface area contributed by atoms with Gasteiger partial charge in [-0.05, 0) is 0 Å². The number of aliphatic hydroxyl groups is 3. The highest BCUT2D eigenvalue weighted by Gasteiger charge is 2.52. The molecule has 6 N–H and O–H groups in total. The van der Waals surface area contributed by atoms with E-state index in [1.54, 1.807) is 0 Å². The number of aliphatic hydroxyl groups excluding tert-OH is 3. The van der Waals surface area contributed by atoms with Crippen LogP contribution >= 0.6 is 7.82 Å². The lowest BCUT2D eigenvalue weighted by atomic mass is 9.99. The van der Waals surface area contributed by atoms with Crippen LogP contribution in [0, 0.1) is 0 Å². The summed E-state index contributed by atoms with van der Waals surface area (Å²) >= 11 is 0. The van der Waals surface area contributed by atoms with Gasteiger partial charge in [0, 0.05) is 0 Å². The maximum Gasteiger partial charge on any atom is 0.489 e. The van der Waals surface area contributed by atoms with E-state index in [2.05, 4.69) is 15.0 Å². The Morgan fingerprint density at radius 3 is 2.50 bits per heavy atom. The molecule has 0 saturated carbocycles. The molecule has 6 atom stereocenters. The lowest BCUT2D eigenvalue weighted by Crippen LogP contribution is -2.59. The first-order chi connectivity index (χ1) is 8.36. The number of rotatable bonds is 5. The third kappa shape index (κ3) is 3.45. The van der Waals surface area contributed by atoms with Crippen molar-refractivity contribution in [2.24, 2.45) is 5.90 Å².